The normalized spacial score (nSPS) is 30.9. The predicted molar refractivity (Wildman–Crippen MR) is 162 cm³/mol. The second kappa shape index (κ2) is 11.2. The number of guanidine groups is 1. The number of nitrogens with one attached hydrogen (secondary N) is 5. The molecule has 46 heavy (non-hydrogen) atoms. The summed E-state index contributed by atoms with van der Waals surface area (Å²) in [6.45, 7) is 3.76. The van der Waals surface area contributed by atoms with Crippen LogP contribution in [0.2, 0.25) is 0 Å². The summed E-state index contributed by atoms with van der Waals surface area (Å²) >= 11 is 0. The van der Waals surface area contributed by atoms with Gasteiger partial charge in [-0.1, -0.05) is 12.2 Å². The molecule has 0 spiro atoms. The Morgan fingerprint density at radius 3 is 2.93 bits per heavy atom. The van der Waals surface area contributed by atoms with Gasteiger partial charge in [-0.25, -0.2) is 14.7 Å². The van der Waals surface area contributed by atoms with E-state index in [0.717, 1.165) is 9.80 Å². The number of quaternary nitrogens is 2. The molecule has 6 atom stereocenters. The van der Waals surface area contributed by atoms with E-state index in [1.54, 1.807) is 19.9 Å². The molecule has 7 N–H and O–H groups in total. The first kappa shape index (κ1) is 29.9. The molecule has 1 aromatic rings. The molecule has 240 valence electrons. The number of fused-ring (bicyclic) bond motifs is 5. The van der Waals surface area contributed by atoms with E-state index < -0.39 is 30.2 Å². The van der Waals surface area contributed by atoms with Crippen LogP contribution < -0.4 is 34.6 Å². The van der Waals surface area contributed by atoms with E-state index in [4.69, 9.17) is 24.4 Å². The van der Waals surface area contributed by atoms with E-state index in [-0.39, 0.29) is 48.7 Å². The molecule has 0 fully saturated rings. The van der Waals surface area contributed by atoms with Crippen LogP contribution in [0.25, 0.3) is 5.57 Å². The van der Waals surface area contributed by atoms with Gasteiger partial charge in [-0.15, -0.1) is 0 Å². The van der Waals surface area contributed by atoms with Crippen molar-refractivity contribution in [3.63, 3.8) is 0 Å². The fraction of sp³-hybridized carbons (Fsp3) is 0.387. The number of aliphatic hydroxyl groups is 2. The molecule has 0 radical (unpaired) electrons. The van der Waals surface area contributed by atoms with Crippen molar-refractivity contribution in [2.75, 3.05) is 26.9 Å². The Morgan fingerprint density at radius 2 is 2.17 bits per heavy atom. The van der Waals surface area contributed by atoms with Gasteiger partial charge in [-0.05, 0) is 38.0 Å². The smallest absolute Gasteiger partial charge is 0.374 e. The number of nitrogens with zero attached hydrogens (tertiary/aromatic N) is 2. The molecule has 6 unspecified atom stereocenters. The molecule has 0 aromatic heterocycles. The first-order chi connectivity index (χ1) is 22.2. The summed E-state index contributed by atoms with van der Waals surface area (Å²) in [6, 6.07) is 0. The maximum atomic E-state index is 13.0. The van der Waals surface area contributed by atoms with Crippen molar-refractivity contribution >= 4 is 35.0 Å². The van der Waals surface area contributed by atoms with Crippen molar-refractivity contribution in [1.29, 1.82) is 5.41 Å². The Kier molecular flexibility index (Phi) is 7.27. The molecule has 5 heterocycles. The highest BCUT2D eigenvalue weighted by atomic mass is 16.6. The minimum Gasteiger partial charge on any atom is -0.496 e. The highest BCUT2D eigenvalue weighted by Crippen LogP contribution is 2.58. The Bertz CT molecular complexity index is 1740. The van der Waals surface area contributed by atoms with Crippen LogP contribution in [-0.2, 0) is 20.9 Å². The number of aliphatic imine (C=N–C) groups is 2. The SMILES string of the molecule is CCOC(=O)C1=CC(=CC[NH+]2C=CNC2[NH+]2CN=C3C(=O)NC(=N)N=C32)c2c(c(CO)c3c(c2OC)C2C=CCC(C)(O)C2O3)O1. The number of ether oxygens (including phenoxy) is 4. The molecule has 6 aliphatic rings. The minimum atomic E-state index is -1.17. The van der Waals surface area contributed by atoms with Crippen LogP contribution in [0.15, 0.2) is 52.4 Å². The van der Waals surface area contributed by atoms with Gasteiger partial charge in [0.25, 0.3) is 11.7 Å². The number of allylic oxidation sites excluding steroid dienone is 2. The van der Waals surface area contributed by atoms with Gasteiger partial charge in [0, 0.05) is 11.5 Å². The van der Waals surface area contributed by atoms with Crippen LogP contribution >= 0.6 is 0 Å². The van der Waals surface area contributed by atoms with Crippen LogP contribution in [0.4, 0.5) is 0 Å². The quantitative estimate of drug-likeness (QED) is 0.131. The summed E-state index contributed by atoms with van der Waals surface area (Å²) in [5, 5.41) is 35.5. The zero-order valence-corrected chi connectivity index (χ0v) is 25.5. The van der Waals surface area contributed by atoms with Gasteiger partial charge < -0.3 is 29.2 Å². The zero-order chi connectivity index (χ0) is 32.3. The lowest BCUT2D eigenvalue weighted by atomic mass is 9.78. The lowest BCUT2D eigenvalue weighted by Gasteiger charge is -2.34. The van der Waals surface area contributed by atoms with E-state index in [0.29, 0.717) is 52.6 Å². The number of carbonyl (C=O) groups is 2. The van der Waals surface area contributed by atoms with E-state index in [1.165, 1.54) is 7.11 Å². The third-order valence-electron chi connectivity index (χ3n) is 8.95. The maximum absolute atomic E-state index is 13.0. The van der Waals surface area contributed by atoms with Gasteiger partial charge in [-0.2, -0.15) is 9.89 Å². The standard InChI is InChI=1S/C31H33N7O8/c1-4-44-28(41)18-12-15(7-10-37-11-9-33-30(37)38-14-34-21-26(38)35-29(32)36-27(21)40)19-22(45-18)17(13-39)23-20(24(19)43-3)16-6-5-8-31(2,42)25(16)46-23/h5-7,9,11-12,16,25,30,33,39,42H,4,8,10,13-14H2,1-3H3,(H2,32,36,40)/p+2. The number of benzene rings is 1. The molecule has 0 saturated carbocycles. The van der Waals surface area contributed by atoms with Gasteiger partial charge in [0.2, 0.25) is 17.4 Å². The van der Waals surface area contributed by atoms with Crippen molar-refractivity contribution in [3.05, 3.63) is 59.2 Å². The molecule has 15 heteroatoms. The third kappa shape index (κ3) is 4.62. The first-order valence-corrected chi connectivity index (χ1v) is 15.0. The number of hydrogen-bond donors (Lipinski definition) is 7. The molecule has 5 aliphatic heterocycles. The molecular weight excluding hydrogens is 598 g/mol. The number of amidine groups is 1. The van der Waals surface area contributed by atoms with Crippen LogP contribution in [0.3, 0.4) is 0 Å². The maximum Gasteiger partial charge on any atom is 0.374 e. The minimum absolute atomic E-state index is 0.0643. The van der Waals surface area contributed by atoms with Crippen molar-refractivity contribution in [2.45, 2.75) is 50.8 Å². The molecular formula is C31H35N7O8+2. The van der Waals surface area contributed by atoms with E-state index in [2.05, 4.69) is 20.6 Å². The van der Waals surface area contributed by atoms with Crippen LogP contribution in [0.5, 0.6) is 17.2 Å². The van der Waals surface area contributed by atoms with Crippen molar-refractivity contribution in [2.24, 2.45) is 9.98 Å². The van der Waals surface area contributed by atoms with Gasteiger partial charge in [-0.3, -0.25) is 20.8 Å². The van der Waals surface area contributed by atoms with E-state index >= 15 is 0 Å². The molecule has 7 rings (SSSR count). The van der Waals surface area contributed by atoms with Crippen molar-refractivity contribution in [3.8, 4) is 17.2 Å². The zero-order valence-electron chi connectivity index (χ0n) is 25.5. The van der Waals surface area contributed by atoms with Gasteiger partial charge in [0.05, 0.1) is 37.7 Å². The van der Waals surface area contributed by atoms with Gasteiger partial charge in [0.15, 0.2) is 6.67 Å². The molecule has 15 nitrogen and oxygen atoms in total. The fourth-order valence-corrected chi connectivity index (χ4v) is 6.87. The number of aliphatic hydroxyl groups excluding tert-OH is 1. The molecule has 0 bridgehead atoms. The van der Waals surface area contributed by atoms with E-state index in [1.807, 2.05) is 30.6 Å². The Hall–Kier alpha value is -4.83. The number of hydrogen-bond acceptors (Lipinski definition) is 11. The Labute approximate surface area is 263 Å². The van der Waals surface area contributed by atoms with Crippen molar-refractivity contribution in [1.82, 2.24) is 10.6 Å². The second-order valence-electron chi connectivity index (χ2n) is 11.8. The number of methoxy groups -OCH3 is 1. The summed E-state index contributed by atoms with van der Waals surface area (Å²) in [4.78, 5) is 35.7. The highest BCUT2D eigenvalue weighted by Gasteiger charge is 2.51. The van der Waals surface area contributed by atoms with Gasteiger partial charge in [0.1, 0.15) is 41.7 Å². The summed E-state index contributed by atoms with van der Waals surface area (Å²) < 4.78 is 23.8. The van der Waals surface area contributed by atoms with Crippen LogP contribution in [0.1, 0.15) is 42.9 Å². The number of amides is 1. The Morgan fingerprint density at radius 1 is 1.35 bits per heavy atom. The highest BCUT2D eigenvalue weighted by molar-refractivity contribution is 6.68. The monoisotopic (exact) mass is 633 g/mol. The summed E-state index contributed by atoms with van der Waals surface area (Å²) in [6.07, 6.45) is 10.6. The summed E-state index contributed by atoms with van der Waals surface area (Å²) in [5.41, 5.74) is 1.20. The molecule has 0 saturated heterocycles. The first-order valence-electron chi connectivity index (χ1n) is 15.0. The fourth-order valence-electron chi connectivity index (χ4n) is 6.87. The molecule has 1 aromatic carbocycles. The Balaban J connectivity index is 1.30. The number of rotatable bonds is 7. The second-order valence-corrected chi connectivity index (χ2v) is 11.8. The van der Waals surface area contributed by atoms with E-state index in [9.17, 15) is 19.8 Å². The molecule has 1 amide bonds. The number of carbonyl (C=O) groups excluding carboxylic acids is 2. The average molecular weight is 634 g/mol. The largest absolute Gasteiger partial charge is 0.496 e. The molecule has 1 aliphatic carbocycles. The number of esters is 1. The third-order valence-corrected chi connectivity index (χ3v) is 8.95. The van der Waals surface area contributed by atoms with Crippen LogP contribution in [0, 0.1) is 5.41 Å². The van der Waals surface area contributed by atoms with Crippen molar-refractivity contribution < 1.29 is 48.5 Å². The van der Waals surface area contributed by atoms with Gasteiger partial charge >= 0.3 is 12.3 Å². The lowest BCUT2D eigenvalue weighted by molar-refractivity contribution is -1.05. The summed E-state index contributed by atoms with van der Waals surface area (Å²) in [7, 11) is 1.54. The topological polar surface area (TPSA) is 193 Å². The summed E-state index contributed by atoms with van der Waals surface area (Å²) in [5.74, 6) is -0.338. The average Bonchev–Trinajstić information content (AvgIpc) is 3.76. The van der Waals surface area contributed by atoms with Crippen LogP contribution in [-0.4, -0.2) is 84.5 Å². The predicted octanol–water partition coefficient (Wildman–Crippen LogP) is -2.03. The lowest BCUT2D eigenvalue weighted by Crippen LogP contribution is -3.36.